The zero-order valence-corrected chi connectivity index (χ0v) is 9.17. The van der Waals surface area contributed by atoms with Crippen molar-refractivity contribution in [1.82, 2.24) is 0 Å². The van der Waals surface area contributed by atoms with E-state index < -0.39 is 5.97 Å². The first-order valence-corrected chi connectivity index (χ1v) is 4.69. The molecular weight excluding hydrogens is 216 g/mol. The molecule has 1 rings (SSSR count). The van der Waals surface area contributed by atoms with Crippen LogP contribution in [0.2, 0.25) is 5.02 Å². The lowest BCUT2D eigenvalue weighted by atomic mass is 10.2. The van der Waals surface area contributed by atoms with Crippen molar-refractivity contribution in [2.24, 2.45) is 5.10 Å². The molecule has 0 spiro atoms. The molecule has 0 amide bonds. The molecule has 0 bridgehead atoms. The van der Waals surface area contributed by atoms with Gasteiger partial charge in [0.25, 0.3) is 0 Å². The topological polar surface area (TPSA) is 61.7 Å². The highest BCUT2D eigenvalue weighted by atomic mass is 35.5. The Morgan fingerprint density at radius 2 is 2.20 bits per heavy atom. The normalized spacial score (nSPS) is 11.3. The van der Waals surface area contributed by atoms with E-state index in [1.807, 2.05) is 6.92 Å². The van der Waals surface area contributed by atoms with E-state index in [4.69, 9.17) is 16.7 Å². The summed E-state index contributed by atoms with van der Waals surface area (Å²) < 4.78 is 0. The van der Waals surface area contributed by atoms with Crippen molar-refractivity contribution in [2.45, 2.75) is 13.8 Å². The van der Waals surface area contributed by atoms with Crippen LogP contribution < -0.4 is 5.43 Å². The number of aliphatic carboxylic acids is 1. The molecule has 0 saturated heterocycles. The number of anilines is 1. The van der Waals surface area contributed by atoms with Gasteiger partial charge >= 0.3 is 5.97 Å². The van der Waals surface area contributed by atoms with Crippen molar-refractivity contribution in [3.05, 3.63) is 28.8 Å². The summed E-state index contributed by atoms with van der Waals surface area (Å²) in [6.07, 6.45) is 0. The average molecular weight is 227 g/mol. The lowest BCUT2D eigenvalue weighted by Gasteiger charge is -2.06. The summed E-state index contributed by atoms with van der Waals surface area (Å²) in [5.74, 6) is -1.05. The summed E-state index contributed by atoms with van der Waals surface area (Å²) in [6.45, 7) is 3.24. The molecule has 4 nitrogen and oxygen atoms in total. The standard InChI is InChI=1S/C10H11ClN2O2/c1-6-8(11)4-3-5-9(6)13-12-7(2)10(14)15/h3-5,13H,1-2H3,(H,14,15)/b12-7-. The van der Waals surface area contributed by atoms with Crippen LogP contribution in [0.4, 0.5) is 5.69 Å². The predicted octanol–water partition coefficient (Wildman–Crippen LogP) is 2.52. The number of carboxylic acid groups (broad SMARTS) is 1. The highest BCUT2D eigenvalue weighted by Gasteiger charge is 2.03. The summed E-state index contributed by atoms with van der Waals surface area (Å²) in [5.41, 5.74) is 4.18. The first-order chi connectivity index (χ1) is 7.02. The molecule has 2 N–H and O–H groups in total. The summed E-state index contributed by atoms with van der Waals surface area (Å²) in [6, 6.07) is 5.30. The first kappa shape index (κ1) is 11.5. The van der Waals surface area contributed by atoms with Crippen LogP contribution in [-0.2, 0) is 4.79 Å². The van der Waals surface area contributed by atoms with Crippen LogP contribution >= 0.6 is 11.6 Å². The van der Waals surface area contributed by atoms with Gasteiger partial charge in [-0.25, -0.2) is 4.79 Å². The number of carbonyl (C=O) groups is 1. The second-order valence-corrected chi connectivity index (χ2v) is 3.43. The Morgan fingerprint density at radius 1 is 1.53 bits per heavy atom. The first-order valence-electron chi connectivity index (χ1n) is 4.31. The van der Waals surface area contributed by atoms with Gasteiger partial charge in [0.05, 0.1) is 5.69 Å². The Hall–Kier alpha value is -1.55. The van der Waals surface area contributed by atoms with Crippen molar-refractivity contribution >= 4 is 29.0 Å². The Bertz CT molecular complexity index is 416. The van der Waals surface area contributed by atoms with Crippen molar-refractivity contribution in [3.8, 4) is 0 Å². The summed E-state index contributed by atoms with van der Waals surface area (Å²) in [5, 5.41) is 12.9. The third-order valence-electron chi connectivity index (χ3n) is 1.92. The third-order valence-corrected chi connectivity index (χ3v) is 2.33. The third kappa shape index (κ3) is 2.95. The lowest BCUT2D eigenvalue weighted by Crippen LogP contribution is -2.10. The number of halogens is 1. The van der Waals surface area contributed by atoms with E-state index in [0.29, 0.717) is 10.7 Å². The van der Waals surface area contributed by atoms with E-state index in [1.165, 1.54) is 6.92 Å². The number of nitrogens with one attached hydrogen (secondary N) is 1. The minimum atomic E-state index is -1.05. The van der Waals surface area contributed by atoms with Crippen molar-refractivity contribution < 1.29 is 9.90 Å². The van der Waals surface area contributed by atoms with Gasteiger partial charge in [0.2, 0.25) is 0 Å². The van der Waals surface area contributed by atoms with Crippen molar-refractivity contribution in [1.29, 1.82) is 0 Å². The van der Waals surface area contributed by atoms with E-state index in [2.05, 4.69) is 10.5 Å². The Morgan fingerprint density at radius 3 is 2.80 bits per heavy atom. The average Bonchev–Trinajstić information content (AvgIpc) is 2.19. The zero-order chi connectivity index (χ0) is 11.4. The number of hydrogen-bond donors (Lipinski definition) is 2. The van der Waals surface area contributed by atoms with Crippen molar-refractivity contribution in [3.63, 3.8) is 0 Å². The van der Waals surface area contributed by atoms with Crippen LogP contribution in [-0.4, -0.2) is 16.8 Å². The fraction of sp³-hybridized carbons (Fsp3) is 0.200. The van der Waals surface area contributed by atoms with Crippen LogP contribution in [0, 0.1) is 6.92 Å². The fourth-order valence-corrected chi connectivity index (χ4v) is 1.10. The molecule has 0 heterocycles. The molecule has 0 aromatic heterocycles. The van der Waals surface area contributed by atoms with Gasteiger partial charge in [0.15, 0.2) is 0 Å². The van der Waals surface area contributed by atoms with Gasteiger partial charge < -0.3 is 5.11 Å². The Kier molecular flexibility index (Phi) is 3.68. The zero-order valence-electron chi connectivity index (χ0n) is 8.41. The second kappa shape index (κ2) is 4.79. The van der Waals surface area contributed by atoms with Gasteiger partial charge in [0.1, 0.15) is 5.71 Å². The molecule has 0 radical (unpaired) electrons. The van der Waals surface area contributed by atoms with Gasteiger partial charge in [0, 0.05) is 5.02 Å². The van der Waals surface area contributed by atoms with Crippen LogP contribution in [0.25, 0.3) is 0 Å². The second-order valence-electron chi connectivity index (χ2n) is 3.03. The molecule has 1 aromatic rings. The van der Waals surface area contributed by atoms with Crippen LogP contribution in [0.15, 0.2) is 23.3 Å². The predicted molar refractivity (Wildman–Crippen MR) is 60.6 cm³/mol. The van der Waals surface area contributed by atoms with Gasteiger partial charge in [-0.15, -0.1) is 0 Å². The number of hydrazone groups is 1. The maximum Gasteiger partial charge on any atom is 0.351 e. The molecule has 80 valence electrons. The molecule has 0 saturated carbocycles. The maximum absolute atomic E-state index is 10.5. The minimum absolute atomic E-state index is 0.00521. The number of carboxylic acids is 1. The largest absolute Gasteiger partial charge is 0.477 e. The summed E-state index contributed by atoms with van der Waals surface area (Å²) in [7, 11) is 0. The number of rotatable bonds is 3. The van der Waals surface area contributed by atoms with E-state index in [1.54, 1.807) is 18.2 Å². The monoisotopic (exact) mass is 226 g/mol. The molecular formula is C10H11ClN2O2. The maximum atomic E-state index is 10.5. The van der Waals surface area contributed by atoms with E-state index in [0.717, 1.165) is 5.56 Å². The number of hydrogen-bond acceptors (Lipinski definition) is 3. The Labute approximate surface area is 92.6 Å². The Balaban J connectivity index is 2.87. The highest BCUT2D eigenvalue weighted by molar-refractivity contribution is 6.34. The molecule has 0 unspecified atom stereocenters. The van der Waals surface area contributed by atoms with Crippen LogP contribution in [0.1, 0.15) is 12.5 Å². The summed E-state index contributed by atoms with van der Waals surface area (Å²) >= 11 is 5.89. The molecule has 0 atom stereocenters. The molecule has 0 fully saturated rings. The summed E-state index contributed by atoms with van der Waals surface area (Å²) in [4.78, 5) is 10.5. The van der Waals surface area contributed by atoms with Crippen LogP contribution in [0.5, 0.6) is 0 Å². The lowest BCUT2D eigenvalue weighted by molar-refractivity contribution is -0.129. The van der Waals surface area contributed by atoms with E-state index in [9.17, 15) is 4.79 Å². The molecule has 15 heavy (non-hydrogen) atoms. The quantitative estimate of drug-likeness (QED) is 0.615. The van der Waals surface area contributed by atoms with Crippen LogP contribution in [0.3, 0.4) is 0 Å². The van der Waals surface area contributed by atoms with Gasteiger partial charge in [-0.1, -0.05) is 17.7 Å². The van der Waals surface area contributed by atoms with Crippen molar-refractivity contribution in [2.75, 3.05) is 5.43 Å². The highest BCUT2D eigenvalue weighted by Crippen LogP contribution is 2.22. The molecule has 5 heteroatoms. The SMILES string of the molecule is C/C(=N/Nc1cccc(Cl)c1C)C(=O)O. The van der Waals surface area contributed by atoms with E-state index in [-0.39, 0.29) is 5.71 Å². The minimum Gasteiger partial charge on any atom is -0.477 e. The molecule has 0 aliphatic heterocycles. The number of nitrogens with zero attached hydrogens (tertiary/aromatic N) is 1. The smallest absolute Gasteiger partial charge is 0.351 e. The fourth-order valence-electron chi connectivity index (χ4n) is 0.920. The van der Waals surface area contributed by atoms with Gasteiger partial charge in [-0.2, -0.15) is 5.10 Å². The van der Waals surface area contributed by atoms with E-state index >= 15 is 0 Å². The number of benzene rings is 1. The molecule has 0 aliphatic carbocycles. The van der Waals surface area contributed by atoms with Gasteiger partial charge in [-0.05, 0) is 31.5 Å². The molecule has 1 aromatic carbocycles. The molecule has 0 aliphatic rings. The van der Waals surface area contributed by atoms with Gasteiger partial charge in [-0.3, -0.25) is 5.43 Å².